The van der Waals surface area contributed by atoms with Gasteiger partial charge >= 0.3 is 5.97 Å². The molecule has 0 aromatic heterocycles. The molecule has 6 nitrogen and oxygen atoms in total. The van der Waals surface area contributed by atoms with Crippen LogP contribution in [-0.4, -0.2) is 23.0 Å². The minimum absolute atomic E-state index is 0.0346. The lowest BCUT2D eigenvalue weighted by atomic mass is 9.68. The molecule has 3 N–H and O–H groups in total. The van der Waals surface area contributed by atoms with E-state index in [0.29, 0.717) is 17.8 Å². The molecule has 0 radical (unpaired) electrons. The lowest BCUT2D eigenvalue weighted by Gasteiger charge is -2.36. The third-order valence-electron chi connectivity index (χ3n) is 8.08. The van der Waals surface area contributed by atoms with Crippen molar-refractivity contribution in [1.82, 2.24) is 5.48 Å². The third-order valence-corrected chi connectivity index (χ3v) is 8.08. The fourth-order valence-electron chi connectivity index (χ4n) is 6.14. The van der Waals surface area contributed by atoms with E-state index < -0.39 is 5.97 Å². The molecule has 1 aromatic rings. The van der Waals surface area contributed by atoms with Gasteiger partial charge in [-0.1, -0.05) is 38.5 Å². The Balaban J connectivity index is 1.52. The summed E-state index contributed by atoms with van der Waals surface area (Å²) < 4.78 is 0. The largest absolute Gasteiger partial charge is 0.481 e. The van der Waals surface area contributed by atoms with Gasteiger partial charge < -0.3 is 15.3 Å². The van der Waals surface area contributed by atoms with Gasteiger partial charge in [-0.25, -0.2) is 0 Å². The number of hydrogen-bond acceptors (Lipinski definition) is 4. The van der Waals surface area contributed by atoms with E-state index >= 15 is 0 Å². The number of amides is 1. The van der Waals surface area contributed by atoms with Crippen molar-refractivity contribution in [2.75, 3.05) is 5.32 Å². The molecule has 4 rings (SSSR count). The highest BCUT2D eigenvalue weighted by Gasteiger charge is 2.47. The Morgan fingerprint density at radius 2 is 1.83 bits per heavy atom. The van der Waals surface area contributed by atoms with Gasteiger partial charge in [0.25, 0.3) is 0 Å². The molecule has 2 saturated carbocycles. The van der Waals surface area contributed by atoms with Crippen LogP contribution in [0.4, 0.5) is 5.69 Å². The zero-order valence-corrected chi connectivity index (χ0v) is 21.9. The van der Waals surface area contributed by atoms with Gasteiger partial charge in [0.15, 0.2) is 0 Å². The Bertz CT molecular complexity index is 975. The molecular weight excluding hydrogens is 440 g/mol. The lowest BCUT2D eigenvalue weighted by Crippen LogP contribution is -2.39. The van der Waals surface area contributed by atoms with Crippen molar-refractivity contribution in [3.63, 3.8) is 0 Å². The predicted octanol–water partition coefficient (Wildman–Crippen LogP) is 6.00. The molecule has 2 fully saturated rings. The van der Waals surface area contributed by atoms with Crippen molar-refractivity contribution < 1.29 is 19.5 Å². The highest BCUT2D eigenvalue weighted by molar-refractivity contribution is 5.91. The number of carboxylic acids is 1. The molecule has 3 unspecified atom stereocenters. The fraction of sp³-hybridized carbons (Fsp3) is 0.655. The van der Waals surface area contributed by atoms with E-state index in [2.05, 4.69) is 30.7 Å². The first-order valence-corrected chi connectivity index (χ1v) is 13.4. The SMILES string of the molecule is Cc1ccc(NC(=O)CC(C(C)CC(=O)O)C2NOC(C3CC(CC(C)C)C3)=C2C2CC2)c(C)c1. The number of hydroxylamine groups is 1. The van der Waals surface area contributed by atoms with Gasteiger partial charge in [0, 0.05) is 24.4 Å². The molecule has 2 aliphatic carbocycles. The van der Waals surface area contributed by atoms with Crippen LogP contribution in [-0.2, 0) is 14.4 Å². The average Bonchev–Trinajstić information content (AvgIpc) is 3.49. The van der Waals surface area contributed by atoms with E-state index in [9.17, 15) is 14.7 Å². The Morgan fingerprint density at radius 1 is 1.11 bits per heavy atom. The molecule has 3 aliphatic rings. The molecule has 1 aromatic carbocycles. The Labute approximate surface area is 209 Å². The normalized spacial score (nSPS) is 25.7. The number of benzene rings is 1. The minimum atomic E-state index is -0.830. The molecule has 1 heterocycles. The minimum Gasteiger partial charge on any atom is -0.481 e. The van der Waals surface area contributed by atoms with E-state index in [-0.39, 0.29) is 36.6 Å². The summed E-state index contributed by atoms with van der Waals surface area (Å²) in [6, 6.07) is 5.87. The molecule has 1 amide bonds. The molecule has 192 valence electrons. The first-order valence-electron chi connectivity index (χ1n) is 13.4. The van der Waals surface area contributed by atoms with Gasteiger partial charge in [0.05, 0.1) is 6.04 Å². The zero-order valence-electron chi connectivity index (χ0n) is 21.9. The predicted molar refractivity (Wildman–Crippen MR) is 137 cm³/mol. The number of hydrogen-bond donors (Lipinski definition) is 3. The number of aliphatic carboxylic acids is 1. The summed E-state index contributed by atoms with van der Waals surface area (Å²) >= 11 is 0. The fourth-order valence-corrected chi connectivity index (χ4v) is 6.14. The number of carbonyl (C=O) groups excluding carboxylic acids is 1. The number of allylic oxidation sites excluding steroid dienone is 1. The first kappa shape index (κ1) is 25.7. The third kappa shape index (κ3) is 6.27. The molecule has 0 bridgehead atoms. The van der Waals surface area contributed by atoms with Crippen LogP contribution in [0.2, 0.25) is 0 Å². The summed E-state index contributed by atoms with van der Waals surface area (Å²) in [5.74, 6) is 2.29. The zero-order chi connectivity index (χ0) is 25.3. The topological polar surface area (TPSA) is 87.7 Å². The number of carbonyl (C=O) groups is 2. The summed E-state index contributed by atoms with van der Waals surface area (Å²) in [5, 5.41) is 12.6. The summed E-state index contributed by atoms with van der Waals surface area (Å²) in [6.45, 7) is 10.5. The van der Waals surface area contributed by atoms with Gasteiger partial charge in [-0.3, -0.25) is 9.59 Å². The maximum absolute atomic E-state index is 13.2. The molecular formula is C29H42N2O4. The van der Waals surface area contributed by atoms with Gasteiger partial charge in [0.2, 0.25) is 5.91 Å². The summed E-state index contributed by atoms with van der Waals surface area (Å²) in [4.78, 5) is 30.9. The van der Waals surface area contributed by atoms with Crippen LogP contribution in [0.15, 0.2) is 29.5 Å². The van der Waals surface area contributed by atoms with Crippen LogP contribution in [0.5, 0.6) is 0 Å². The smallest absolute Gasteiger partial charge is 0.303 e. The van der Waals surface area contributed by atoms with Gasteiger partial charge in [-0.2, -0.15) is 0 Å². The summed E-state index contributed by atoms with van der Waals surface area (Å²) in [5.41, 5.74) is 7.59. The average molecular weight is 483 g/mol. The maximum Gasteiger partial charge on any atom is 0.303 e. The number of rotatable bonds is 11. The highest BCUT2D eigenvalue weighted by atomic mass is 16.7. The van der Waals surface area contributed by atoms with Crippen molar-refractivity contribution in [2.45, 2.75) is 85.6 Å². The van der Waals surface area contributed by atoms with Crippen LogP contribution >= 0.6 is 0 Å². The first-order chi connectivity index (χ1) is 16.6. The number of nitrogens with one attached hydrogen (secondary N) is 2. The second-order valence-corrected chi connectivity index (χ2v) is 11.8. The summed E-state index contributed by atoms with van der Waals surface area (Å²) in [6.07, 6.45) is 6.19. The Kier molecular flexibility index (Phi) is 7.89. The lowest BCUT2D eigenvalue weighted by molar-refractivity contribution is -0.139. The van der Waals surface area contributed by atoms with E-state index in [1.54, 1.807) is 0 Å². The number of carboxylic acid groups (broad SMARTS) is 1. The van der Waals surface area contributed by atoms with Crippen molar-refractivity contribution in [3.05, 3.63) is 40.7 Å². The van der Waals surface area contributed by atoms with Crippen LogP contribution in [0.1, 0.15) is 76.8 Å². The molecule has 6 heteroatoms. The van der Waals surface area contributed by atoms with Gasteiger partial charge in [0.1, 0.15) is 5.76 Å². The molecule has 35 heavy (non-hydrogen) atoms. The second-order valence-electron chi connectivity index (χ2n) is 11.8. The number of aryl methyl sites for hydroxylation is 2. The van der Waals surface area contributed by atoms with Crippen LogP contribution < -0.4 is 10.8 Å². The van der Waals surface area contributed by atoms with Crippen molar-refractivity contribution >= 4 is 17.6 Å². The standard InChI is InChI=1S/C29H42N2O4/c1-16(2)10-20-13-22(14-20)29-27(21-7-8-21)28(31-35-29)23(18(4)12-26(33)34)15-25(32)30-24-9-6-17(3)11-19(24)5/h6,9,11,16,18,20-23,28,31H,7-8,10,12-15H2,1-5H3,(H,30,32)(H,33,34). The van der Waals surface area contributed by atoms with Gasteiger partial charge in [-0.05, 0) is 92.7 Å². The van der Waals surface area contributed by atoms with E-state index in [1.807, 2.05) is 32.9 Å². The Morgan fingerprint density at radius 3 is 2.43 bits per heavy atom. The highest BCUT2D eigenvalue weighted by Crippen LogP contribution is 2.51. The van der Waals surface area contributed by atoms with Crippen LogP contribution in [0.25, 0.3) is 0 Å². The number of anilines is 1. The van der Waals surface area contributed by atoms with Crippen LogP contribution in [0.3, 0.4) is 0 Å². The Hall–Kier alpha value is -2.34. The van der Waals surface area contributed by atoms with Crippen molar-refractivity contribution in [1.29, 1.82) is 0 Å². The monoisotopic (exact) mass is 482 g/mol. The molecule has 3 atom stereocenters. The molecule has 0 saturated heterocycles. The molecule has 0 spiro atoms. The van der Waals surface area contributed by atoms with Crippen molar-refractivity contribution in [2.24, 2.45) is 35.5 Å². The van der Waals surface area contributed by atoms with E-state index in [1.165, 1.54) is 24.8 Å². The maximum atomic E-state index is 13.2. The van der Waals surface area contributed by atoms with E-state index in [0.717, 1.165) is 41.3 Å². The quantitative estimate of drug-likeness (QED) is 0.360. The van der Waals surface area contributed by atoms with Gasteiger partial charge in [-0.15, -0.1) is 5.48 Å². The van der Waals surface area contributed by atoms with Crippen molar-refractivity contribution in [3.8, 4) is 0 Å². The molecule has 1 aliphatic heterocycles. The second kappa shape index (κ2) is 10.7. The summed E-state index contributed by atoms with van der Waals surface area (Å²) in [7, 11) is 0. The van der Waals surface area contributed by atoms with Crippen LogP contribution in [0, 0.1) is 49.4 Å². The van der Waals surface area contributed by atoms with E-state index in [4.69, 9.17) is 4.84 Å².